The van der Waals surface area contributed by atoms with E-state index in [4.69, 9.17) is 0 Å². The van der Waals surface area contributed by atoms with E-state index in [1.54, 1.807) is 30.3 Å². The quantitative estimate of drug-likeness (QED) is 0.263. The van der Waals surface area contributed by atoms with Crippen molar-refractivity contribution in [1.82, 2.24) is 10.2 Å². The Labute approximate surface area is 243 Å². The first-order chi connectivity index (χ1) is 19.5. The fraction of sp³-hybridized carbons (Fsp3) is 0.375. The number of unbranched alkanes of at least 4 members (excludes halogenated alkanes) is 1. The van der Waals surface area contributed by atoms with E-state index in [2.05, 4.69) is 5.32 Å². The highest BCUT2D eigenvalue weighted by atomic mass is 32.2. The molecule has 0 aliphatic rings. The largest absolute Gasteiger partial charge is 0.354 e. The second-order valence-electron chi connectivity index (χ2n) is 10.4. The summed E-state index contributed by atoms with van der Waals surface area (Å²) in [4.78, 5) is 29.1. The van der Waals surface area contributed by atoms with Gasteiger partial charge in [0.25, 0.3) is 0 Å². The summed E-state index contributed by atoms with van der Waals surface area (Å²) in [5, 5.41) is 2.92. The molecule has 0 aromatic heterocycles. The van der Waals surface area contributed by atoms with Crippen LogP contribution in [0.25, 0.3) is 0 Å². The van der Waals surface area contributed by atoms with E-state index in [1.165, 1.54) is 11.0 Å². The van der Waals surface area contributed by atoms with Crippen LogP contribution in [-0.4, -0.2) is 50.5 Å². The molecule has 3 rings (SSSR count). The first-order valence-electron chi connectivity index (χ1n) is 13.9. The number of halogens is 1. The molecule has 0 radical (unpaired) electrons. The molecule has 0 aliphatic heterocycles. The minimum Gasteiger partial charge on any atom is -0.354 e. The average Bonchev–Trinajstić information content (AvgIpc) is 2.94. The van der Waals surface area contributed by atoms with Crippen LogP contribution in [0.15, 0.2) is 78.9 Å². The van der Waals surface area contributed by atoms with Gasteiger partial charge in [0.1, 0.15) is 18.4 Å². The maximum absolute atomic E-state index is 14.9. The summed E-state index contributed by atoms with van der Waals surface area (Å²) >= 11 is 0. The van der Waals surface area contributed by atoms with E-state index in [-0.39, 0.29) is 30.4 Å². The Bertz CT molecular complexity index is 1410. The molecule has 7 nitrogen and oxygen atoms in total. The molecule has 1 unspecified atom stereocenters. The third kappa shape index (κ3) is 8.88. The predicted octanol–water partition coefficient (Wildman–Crippen LogP) is 5.27. The standard InChI is InChI=1S/C32H40FN3O4S/c1-5-6-20-34-32(38)30(21-25-14-8-7-9-15-25)35(22-26-16-10-12-18-28(26)33)31(37)23-36(41(4,39)40)29-19-13-11-17-27(29)24(2)3/h7-19,24,30H,5-6,20-23H2,1-4H3,(H,34,38). The van der Waals surface area contributed by atoms with Crippen molar-refractivity contribution in [1.29, 1.82) is 0 Å². The maximum atomic E-state index is 14.9. The van der Waals surface area contributed by atoms with Crippen molar-refractivity contribution in [3.05, 3.63) is 101 Å². The topological polar surface area (TPSA) is 86.8 Å². The van der Waals surface area contributed by atoms with E-state index >= 15 is 0 Å². The van der Waals surface area contributed by atoms with E-state index < -0.39 is 34.3 Å². The highest BCUT2D eigenvalue weighted by molar-refractivity contribution is 7.92. The number of hydrogen-bond acceptors (Lipinski definition) is 4. The zero-order valence-electron chi connectivity index (χ0n) is 24.2. The minimum atomic E-state index is -3.89. The molecular weight excluding hydrogens is 541 g/mol. The Morgan fingerprint density at radius 2 is 1.56 bits per heavy atom. The van der Waals surface area contributed by atoms with Crippen molar-refractivity contribution in [2.45, 2.75) is 58.5 Å². The monoisotopic (exact) mass is 581 g/mol. The van der Waals surface area contributed by atoms with E-state index in [0.717, 1.165) is 34.5 Å². The van der Waals surface area contributed by atoms with Crippen molar-refractivity contribution >= 4 is 27.5 Å². The molecule has 0 saturated carbocycles. The zero-order chi connectivity index (χ0) is 30.0. The summed E-state index contributed by atoms with van der Waals surface area (Å²) in [6.07, 6.45) is 2.87. The van der Waals surface area contributed by atoms with Gasteiger partial charge in [-0.25, -0.2) is 12.8 Å². The number of carbonyl (C=O) groups is 2. The van der Waals surface area contributed by atoms with Crippen molar-refractivity contribution in [3.63, 3.8) is 0 Å². The van der Waals surface area contributed by atoms with Crippen molar-refractivity contribution in [3.8, 4) is 0 Å². The highest BCUT2D eigenvalue weighted by Crippen LogP contribution is 2.29. The van der Waals surface area contributed by atoms with Gasteiger partial charge in [-0.3, -0.25) is 13.9 Å². The van der Waals surface area contributed by atoms with Crippen molar-refractivity contribution in [2.75, 3.05) is 23.7 Å². The number of benzene rings is 3. The number of nitrogens with zero attached hydrogens (tertiary/aromatic N) is 2. The van der Waals surface area contributed by atoms with E-state index in [0.29, 0.717) is 12.2 Å². The number of hydrogen-bond donors (Lipinski definition) is 1. The fourth-order valence-corrected chi connectivity index (χ4v) is 5.54. The summed E-state index contributed by atoms with van der Waals surface area (Å²) in [7, 11) is -3.89. The van der Waals surface area contributed by atoms with Gasteiger partial charge in [0.15, 0.2) is 0 Å². The number of nitrogens with one attached hydrogen (secondary N) is 1. The number of rotatable bonds is 14. The number of para-hydroxylation sites is 1. The number of sulfonamides is 1. The van der Waals surface area contributed by atoms with Crippen molar-refractivity contribution in [2.24, 2.45) is 0 Å². The number of anilines is 1. The van der Waals surface area contributed by atoms with Crippen LogP contribution in [0.3, 0.4) is 0 Å². The lowest BCUT2D eigenvalue weighted by molar-refractivity contribution is -0.140. The van der Waals surface area contributed by atoms with E-state index in [9.17, 15) is 22.4 Å². The van der Waals surface area contributed by atoms with Crippen LogP contribution in [0.4, 0.5) is 10.1 Å². The third-order valence-electron chi connectivity index (χ3n) is 6.91. The first kappa shape index (κ1) is 31.8. The summed E-state index contributed by atoms with van der Waals surface area (Å²) in [6, 6.07) is 21.4. The molecule has 220 valence electrons. The van der Waals surface area contributed by atoms with Crippen LogP contribution in [0.5, 0.6) is 0 Å². The summed E-state index contributed by atoms with van der Waals surface area (Å²) in [5.41, 5.74) is 2.22. The van der Waals surface area contributed by atoms with Crippen LogP contribution in [-0.2, 0) is 32.6 Å². The van der Waals surface area contributed by atoms with Gasteiger partial charge in [-0.2, -0.15) is 0 Å². The lowest BCUT2D eigenvalue weighted by Crippen LogP contribution is -2.53. The molecule has 0 fully saturated rings. The molecule has 41 heavy (non-hydrogen) atoms. The maximum Gasteiger partial charge on any atom is 0.244 e. The predicted molar refractivity (Wildman–Crippen MR) is 162 cm³/mol. The lowest BCUT2D eigenvalue weighted by atomic mass is 10.0. The Morgan fingerprint density at radius 1 is 0.927 bits per heavy atom. The van der Waals surface area contributed by atoms with Crippen LogP contribution in [0.1, 0.15) is 56.2 Å². The first-order valence-corrected chi connectivity index (χ1v) is 15.8. The van der Waals surface area contributed by atoms with Gasteiger partial charge in [0, 0.05) is 25.1 Å². The molecule has 0 saturated heterocycles. The molecule has 9 heteroatoms. The average molecular weight is 582 g/mol. The highest BCUT2D eigenvalue weighted by Gasteiger charge is 2.34. The lowest BCUT2D eigenvalue weighted by Gasteiger charge is -2.34. The van der Waals surface area contributed by atoms with Crippen LogP contribution < -0.4 is 9.62 Å². The minimum absolute atomic E-state index is 0.00441. The fourth-order valence-electron chi connectivity index (χ4n) is 4.67. The van der Waals surface area contributed by atoms with E-state index in [1.807, 2.05) is 63.2 Å². The van der Waals surface area contributed by atoms with Gasteiger partial charge in [-0.1, -0.05) is 93.9 Å². The molecule has 1 atom stereocenters. The van der Waals surface area contributed by atoms with Gasteiger partial charge in [0.2, 0.25) is 21.8 Å². The summed E-state index contributed by atoms with van der Waals surface area (Å²) in [6.45, 7) is 5.60. The number of amides is 2. The molecule has 3 aromatic rings. The molecule has 3 aromatic carbocycles. The number of carbonyl (C=O) groups excluding carboxylic acids is 2. The van der Waals surface area contributed by atoms with Crippen LogP contribution >= 0.6 is 0 Å². The Balaban J connectivity index is 2.08. The molecule has 2 amide bonds. The zero-order valence-corrected chi connectivity index (χ0v) is 25.0. The summed E-state index contributed by atoms with van der Waals surface area (Å²) in [5.74, 6) is -1.50. The van der Waals surface area contributed by atoms with Crippen molar-refractivity contribution < 1.29 is 22.4 Å². The normalized spacial score (nSPS) is 12.1. The Morgan fingerprint density at radius 3 is 2.20 bits per heavy atom. The van der Waals surface area contributed by atoms with Crippen LogP contribution in [0, 0.1) is 5.82 Å². The van der Waals surface area contributed by atoms with Gasteiger partial charge >= 0.3 is 0 Å². The second-order valence-corrected chi connectivity index (χ2v) is 12.4. The SMILES string of the molecule is CCCCNC(=O)C(Cc1ccccc1)N(Cc1ccccc1F)C(=O)CN(c1ccccc1C(C)C)S(C)(=O)=O. The summed E-state index contributed by atoms with van der Waals surface area (Å²) < 4.78 is 42.1. The second kappa shape index (κ2) is 14.8. The van der Waals surface area contributed by atoms with Gasteiger partial charge in [-0.05, 0) is 35.6 Å². The van der Waals surface area contributed by atoms with Gasteiger partial charge < -0.3 is 10.2 Å². The smallest absolute Gasteiger partial charge is 0.244 e. The Hall–Kier alpha value is -3.72. The third-order valence-corrected chi connectivity index (χ3v) is 8.03. The molecule has 0 heterocycles. The van der Waals surface area contributed by atoms with Crippen LogP contribution in [0.2, 0.25) is 0 Å². The Kier molecular flexibility index (Phi) is 11.5. The molecule has 0 spiro atoms. The van der Waals surface area contributed by atoms with Gasteiger partial charge in [0.05, 0.1) is 11.9 Å². The molecule has 0 aliphatic carbocycles. The molecule has 0 bridgehead atoms. The molecular formula is C32H40FN3O4S. The molecule has 1 N–H and O–H groups in total. The van der Waals surface area contributed by atoms with Gasteiger partial charge in [-0.15, -0.1) is 0 Å².